The van der Waals surface area contributed by atoms with Crippen LogP contribution in [0.4, 0.5) is 11.4 Å². The van der Waals surface area contributed by atoms with Crippen LogP contribution in [0.2, 0.25) is 0 Å². The van der Waals surface area contributed by atoms with Gasteiger partial charge in [0, 0.05) is 51.8 Å². The topological polar surface area (TPSA) is 25.6 Å². The normalized spacial score (nSPS) is 18.8. The van der Waals surface area contributed by atoms with Crippen LogP contribution in [0.5, 0.6) is 0 Å². The first-order valence-corrected chi connectivity index (χ1v) is 14.1. The molecule has 1 aromatic heterocycles. The van der Waals surface area contributed by atoms with Crippen LogP contribution in [0.1, 0.15) is 18.9 Å². The van der Waals surface area contributed by atoms with Crippen LogP contribution in [0.15, 0.2) is 149 Å². The van der Waals surface area contributed by atoms with E-state index < -0.39 is 0 Å². The summed E-state index contributed by atoms with van der Waals surface area (Å²) in [7, 11) is 2.09. The number of para-hydroxylation sites is 2. The van der Waals surface area contributed by atoms with E-state index in [0.29, 0.717) is 5.92 Å². The predicted molar refractivity (Wildman–Crippen MR) is 171 cm³/mol. The molecule has 4 aromatic carbocycles. The summed E-state index contributed by atoms with van der Waals surface area (Å²) in [5, 5.41) is 2.29. The van der Waals surface area contributed by atoms with Crippen LogP contribution in [0.3, 0.4) is 0 Å². The second-order valence-electron chi connectivity index (χ2n) is 10.8. The summed E-state index contributed by atoms with van der Waals surface area (Å²) in [5.74, 6) is 2.16. The van der Waals surface area contributed by atoms with Gasteiger partial charge in [0.05, 0.1) is 0 Å². The van der Waals surface area contributed by atoms with Crippen LogP contribution < -0.4 is 4.90 Å². The van der Waals surface area contributed by atoms with Gasteiger partial charge in [-0.25, -0.2) is 0 Å². The molecule has 1 unspecified atom stereocenters. The molecule has 1 aliphatic carbocycles. The number of benzene rings is 4. The van der Waals surface area contributed by atoms with Crippen molar-refractivity contribution in [1.82, 2.24) is 0 Å². The highest BCUT2D eigenvalue weighted by molar-refractivity contribution is 6.09. The smallest absolute Gasteiger partial charge is 0.143 e. The van der Waals surface area contributed by atoms with E-state index >= 15 is 0 Å². The van der Waals surface area contributed by atoms with Gasteiger partial charge in [0.1, 0.15) is 22.7 Å². The molecule has 0 bridgehead atoms. The van der Waals surface area contributed by atoms with Gasteiger partial charge in [-0.1, -0.05) is 86.3 Å². The number of furan rings is 1. The van der Waals surface area contributed by atoms with E-state index in [-0.39, 0.29) is 0 Å². The molecule has 2 heterocycles. The van der Waals surface area contributed by atoms with Gasteiger partial charge in [-0.2, -0.15) is 0 Å². The zero-order chi connectivity index (χ0) is 27.9. The van der Waals surface area contributed by atoms with E-state index in [9.17, 15) is 0 Å². The lowest BCUT2D eigenvalue weighted by Gasteiger charge is -2.25. The molecule has 0 radical (unpaired) electrons. The fourth-order valence-electron chi connectivity index (χ4n) is 5.75. The van der Waals surface area contributed by atoms with Crippen LogP contribution in [0, 0.1) is 5.92 Å². The minimum atomic E-state index is 0.314. The summed E-state index contributed by atoms with van der Waals surface area (Å²) in [4.78, 5) is 2.20. The van der Waals surface area contributed by atoms with Crippen LogP contribution in [-0.4, -0.2) is 7.05 Å². The van der Waals surface area contributed by atoms with Crippen molar-refractivity contribution in [2.45, 2.75) is 13.3 Å². The maximum absolute atomic E-state index is 6.51. The van der Waals surface area contributed by atoms with E-state index in [0.717, 1.165) is 79.1 Å². The third-order valence-electron chi connectivity index (χ3n) is 8.11. The number of nitrogens with zero attached hydrogens (tertiary/aromatic N) is 1. The Kier molecular flexibility index (Phi) is 6.20. The predicted octanol–water partition coefficient (Wildman–Crippen LogP) is 10.4. The number of anilines is 2. The molecule has 41 heavy (non-hydrogen) atoms. The Morgan fingerprint density at radius 1 is 0.780 bits per heavy atom. The molecular formula is C38H31NO2. The Hall–Kier alpha value is -5.02. The minimum Gasteiger partial charge on any atom is -0.460 e. The van der Waals surface area contributed by atoms with E-state index in [4.69, 9.17) is 9.15 Å². The lowest BCUT2D eigenvalue weighted by Crippen LogP contribution is -2.11. The molecule has 3 heteroatoms. The number of rotatable bonds is 4. The monoisotopic (exact) mass is 533 g/mol. The molecule has 1 aliphatic heterocycles. The average Bonchev–Trinajstić information content (AvgIpc) is 3.39. The average molecular weight is 534 g/mol. The van der Waals surface area contributed by atoms with E-state index in [1.165, 1.54) is 0 Å². The molecule has 2 aliphatic rings. The molecule has 3 nitrogen and oxygen atoms in total. The fourth-order valence-corrected chi connectivity index (χ4v) is 5.75. The molecule has 200 valence electrons. The zero-order valence-corrected chi connectivity index (χ0v) is 23.3. The standard InChI is InChI=1S/C38H31NO2/c1-25-9-7-16-35(40-37-26(2)10-6-12-31(25)37)28-19-23-30(24-20-28)39(3)29-21-17-27(18-22-29)32-13-8-14-34-33-11-4-5-15-36(33)41-38(32)34/h4-9,11-24,26H,1,10H2,2-3H3/b9-7-,35-16-. The van der Waals surface area contributed by atoms with Gasteiger partial charge >= 0.3 is 0 Å². The van der Waals surface area contributed by atoms with Crippen molar-refractivity contribution >= 4 is 39.1 Å². The van der Waals surface area contributed by atoms with Gasteiger partial charge < -0.3 is 14.1 Å². The summed E-state index contributed by atoms with van der Waals surface area (Å²) in [6, 6.07) is 31.8. The highest BCUT2D eigenvalue weighted by atomic mass is 16.5. The van der Waals surface area contributed by atoms with Crippen molar-refractivity contribution in [2.75, 3.05) is 11.9 Å². The van der Waals surface area contributed by atoms with Crippen molar-refractivity contribution in [3.8, 4) is 11.1 Å². The van der Waals surface area contributed by atoms with E-state index in [2.05, 4.69) is 123 Å². The fraction of sp³-hybridized carbons (Fsp3) is 0.105. The van der Waals surface area contributed by atoms with Gasteiger partial charge in [0.2, 0.25) is 0 Å². The van der Waals surface area contributed by atoms with Crippen molar-refractivity contribution in [3.63, 3.8) is 0 Å². The van der Waals surface area contributed by atoms with Gasteiger partial charge in [0.15, 0.2) is 0 Å². The molecular weight excluding hydrogens is 502 g/mol. The maximum Gasteiger partial charge on any atom is 0.143 e. The molecule has 1 atom stereocenters. The lowest BCUT2D eigenvalue weighted by molar-refractivity contribution is 0.316. The third-order valence-corrected chi connectivity index (χ3v) is 8.11. The first-order valence-electron chi connectivity index (χ1n) is 14.1. The van der Waals surface area contributed by atoms with Gasteiger partial charge in [-0.05, 0) is 66.1 Å². The van der Waals surface area contributed by atoms with Crippen molar-refractivity contribution in [3.05, 3.63) is 150 Å². The Morgan fingerprint density at radius 3 is 2.27 bits per heavy atom. The Labute approximate surface area is 240 Å². The number of ether oxygens (including phenoxy) is 1. The first-order chi connectivity index (χ1) is 20.1. The molecule has 0 spiro atoms. The Bertz CT molecular complexity index is 1910. The molecule has 0 saturated carbocycles. The lowest BCUT2D eigenvalue weighted by atomic mass is 9.91. The first kappa shape index (κ1) is 25.0. The number of allylic oxidation sites excluding steroid dienone is 8. The second kappa shape index (κ2) is 10.2. The van der Waals surface area contributed by atoms with Gasteiger partial charge in [0.25, 0.3) is 0 Å². The molecule has 5 aromatic rings. The number of hydrogen-bond donors (Lipinski definition) is 0. The Morgan fingerprint density at radius 2 is 1.49 bits per heavy atom. The summed E-state index contributed by atoms with van der Waals surface area (Å²) in [6.45, 7) is 6.43. The van der Waals surface area contributed by atoms with Gasteiger partial charge in [-0.3, -0.25) is 0 Å². The highest BCUT2D eigenvalue weighted by Gasteiger charge is 2.22. The second-order valence-corrected chi connectivity index (χ2v) is 10.8. The van der Waals surface area contributed by atoms with E-state index in [1.807, 2.05) is 24.3 Å². The SMILES string of the molecule is C=C1/C=C\C=C(\c2ccc(N(C)c3ccc(-c4cccc5c4oc4ccccc45)cc3)cc2)OC2=C1C=CCC2C. The zero-order valence-electron chi connectivity index (χ0n) is 23.3. The molecule has 0 fully saturated rings. The summed E-state index contributed by atoms with van der Waals surface area (Å²) in [5.41, 5.74) is 9.40. The van der Waals surface area contributed by atoms with Gasteiger partial charge in [-0.15, -0.1) is 0 Å². The van der Waals surface area contributed by atoms with Crippen molar-refractivity contribution < 1.29 is 9.15 Å². The van der Waals surface area contributed by atoms with Crippen molar-refractivity contribution in [1.29, 1.82) is 0 Å². The van der Waals surface area contributed by atoms with Crippen LogP contribution >= 0.6 is 0 Å². The maximum atomic E-state index is 6.51. The minimum absolute atomic E-state index is 0.314. The molecule has 7 rings (SSSR count). The summed E-state index contributed by atoms with van der Waals surface area (Å²) in [6.07, 6.45) is 11.4. The van der Waals surface area contributed by atoms with Crippen molar-refractivity contribution in [2.24, 2.45) is 5.92 Å². The highest BCUT2D eigenvalue weighted by Crippen LogP contribution is 2.38. The number of fused-ring (bicyclic) bond motifs is 3. The molecule has 0 saturated heterocycles. The van der Waals surface area contributed by atoms with Crippen LogP contribution in [0.25, 0.3) is 38.8 Å². The largest absolute Gasteiger partial charge is 0.460 e. The summed E-state index contributed by atoms with van der Waals surface area (Å²) < 4.78 is 12.8. The quantitative estimate of drug-likeness (QED) is 0.230. The van der Waals surface area contributed by atoms with Crippen LogP contribution in [-0.2, 0) is 4.74 Å². The number of hydrogen-bond acceptors (Lipinski definition) is 3. The molecule has 0 N–H and O–H groups in total. The Balaban J connectivity index is 1.14. The molecule has 0 amide bonds. The summed E-state index contributed by atoms with van der Waals surface area (Å²) >= 11 is 0. The third kappa shape index (κ3) is 4.50. The van der Waals surface area contributed by atoms with E-state index in [1.54, 1.807) is 0 Å².